The summed E-state index contributed by atoms with van der Waals surface area (Å²) in [5.41, 5.74) is 0.655. The summed E-state index contributed by atoms with van der Waals surface area (Å²) in [7, 11) is 0. The largest absolute Gasteiger partial charge is 0.491 e. The van der Waals surface area contributed by atoms with Crippen molar-refractivity contribution in [1.29, 1.82) is 0 Å². The number of anilines is 1. The smallest absolute Gasteiger partial charge is 0.276 e. The number of nitrogens with one attached hydrogen (secondary N) is 1. The topological polar surface area (TPSA) is 73.2 Å². The Hall–Kier alpha value is -3.15. The fraction of sp³-hybridized carbons (Fsp3) is 0.348. The Morgan fingerprint density at radius 1 is 1.00 bits per heavy atom. The van der Waals surface area contributed by atoms with Crippen LogP contribution in [-0.4, -0.2) is 22.3 Å². The van der Waals surface area contributed by atoms with Gasteiger partial charge in [-0.3, -0.25) is 9.59 Å². The van der Waals surface area contributed by atoms with Gasteiger partial charge < -0.3 is 10.1 Å². The number of carbonyl (C=O) groups excluding carboxylic acids is 1. The molecule has 0 saturated heterocycles. The predicted octanol–water partition coefficient (Wildman–Crippen LogP) is 4.63. The zero-order valence-corrected chi connectivity index (χ0v) is 17.0. The van der Waals surface area contributed by atoms with E-state index < -0.39 is 0 Å². The molecule has 2 aromatic carbocycles. The zero-order valence-electron chi connectivity index (χ0n) is 17.0. The van der Waals surface area contributed by atoms with Gasteiger partial charge in [-0.1, -0.05) is 57.0 Å². The number of ether oxygens (including phenoxy) is 1. The first-order chi connectivity index (χ1) is 14.2. The first-order valence-electron chi connectivity index (χ1n) is 10.2. The van der Waals surface area contributed by atoms with Crippen LogP contribution in [0.25, 0.3) is 10.8 Å². The van der Waals surface area contributed by atoms with Gasteiger partial charge in [0.25, 0.3) is 11.5 Å². The van der Waals surface area contributed by atoms with Crippen LogP contribution in [0.1, 0.15) is 50.0 Å². The van der Waals surface area contributed by atoms with Gasteiger partial charge in [-0.05, 0) is 31.0 Å². The minimum Gasteiger partial charge on any atom is -0.491 e. The van der Waals surface area contributed by atoms with E-state index in [1.807, 2.05) is 25.1 Å². The molecule has 1 amide bonds. The molecule has 0 fully saturated rings. The van der Waals surface area contributed by atoms with Gasteiger partial charge in [0.05, 0.1) is 17.7 Å². The van der Waals surface area contributed by atoms with E-state index in [2.05, 4.69) is 17.3 Å². The molecule has 3 rings (SSSR count). The van der Waals surface area contributed by atoms with Crippen molar-refractivity contribution in [2.75, 3.05) is 11.9 Å². The highest BCUT2D eigenvalue weighted by Crippen LogP contribution is 2.25. The normalized spacial score (nSPS) is 10.8. The Morgan fingerprint density at radius 2 is 1.72 bits per heavy atom. The monoisotopic (exact) mass is 393 g/mol. The highest BCUT2D eigenvalue weighted by atomic mass is 16.5. The number of unbranched alkanes of at least 4 members (excludes halogenated alkanes) is 2. The van der Waals surface area contributed by atoms with Gasteiger partial charge in [0.1, 0.15) is 5.75 Å². The number of fused-ring (bicyclic) bond motifs is 1. The highest BCUT2D eigenvalue weighted by molar-refractivity contribution is 6.11. The summed E-state index contributed by atoms with van der Waals surface area (Å²) in [5.74, 6) is 0.251. The first kappa shape index (κ1) is 20.6. The molecule has 0 radical (unpaired) electrons. The lowest BCUT2D eigenvalue weighted by Crippen LogP contribution is -2.28. The van der Waals surface area contributed by atoms with Gasteiger partial charge in [-0.2, -0.15) is 5.10 Å². The molecular formula is C23H27N3O3. The Labute approximate surface area is 170 Å². The number of hydrogen-bond donors (Lipinski definition) is 1. The molecule has 29 heavy (non-hydrogen) atoms. The number of aromatic nitrogens is 2. The number of para-hydroxylation sites is 2. The second-order valence-corrected chi connectivity index (χ2v) is 6.93. The van der Waals surface area contributed by atoms with E-state index in [9.17, 15) is 9.59 Å². The van der Waals surface area contributed by atoms with Crippen LogP contribution in [0.15, 0.2) is 53.3 Å². The van der Waals surface area contributed by atoms with Crippen LogP contribution >= 0.6 is 0 Å². The summed E-state index contributed by atoms with van der Waals surface area (Å²) >= 11 is 0. The molecule has 0 bridgehead atoms. The highest BCUT2D eigenvalue weighted by Gasteiger charge is 2.18. The third-order valence-electron chi connectivity index (χ3n) is 4.65. The fourth-order valence-corrected chi connectivity index (χ4v) is 3.16. The van der Waals surface area contributed by atoms with E-state index in [1.165, 1.54) is 4.68 Å². The maximum atomic E-state index is 13.1. The molecule has 3 aromatic rings. The lowest BCUT2D eigenvalue weighted by atomic mass is 10.1. The van der Waals surface area contributed by atoms with E-state index in [1.54, 1.807) is 30.3 Å². The second-order valence-electron chi connectivity index (χ2n) is 6.93. The molecule has 6 heteroatoms. The lowest BCUT2D eigenvalue weighted by Gasteiger charge is -2.14. The van der Waals surface area contributed by atoms with Crippen LogP contribution in [0.4, 0.5) is 5.69 Å². The summed E-state index contributed by atoms with van der Waals surface area (Å²) in [6, 6.07) is 14.4. The molecule has 152 valence electrons. The van der Waals surface area contributed by atoms with Crippen LogP contribution in [0.2, 0.25) is 0 Å². The van der Waals surface area contributed by atoms with Crippen molar-refractivity contribution in [2.45, 2.75) is 46.1 Å². The molecule has 0 aliphatic rings. The molecule has 0 aliphatic carbocycles. The van der Waals surface area contributed by atoms with Crippen LogP contribution < -0.4 is 15.6 Å². The molecule has 0 aliphatic heterocycles. The summed E-state index contributed by atoms with van der Waals surface area (Å²) in [6.07, 6.45) is 3.77. The third kappa shape index (κ3) is 4.83. The molecule has 6 nitrogen and oxygen atoms in total. The van der Waals surface area contributed by atoms with Crippen LogP contribution in [0, 0.1) is 0 Å². The fourth-order valence-electron chi connectivity index (χ4n) is 3.16. The van der Waals surface area contributed by atoms with Gasteiger partial charge >= 0.3 is 0 Å². The van der Waals surface area contributed by atoms with Crippen molar-refractivity contribution in [3.63, 3.8) is 0 Å². The van der Waals surface area contributed by atoms with Gasteiger partial charge in [-0.25, -0.2) is 4.68 Å². The van der Waals surface area contributed by atoms with Gasteiger partial charge in [0.15, 0.2) is 5.69 Å². The lowest BCUT2D eigenvalue weighted by molar-refractivity contribution is 0.102. The van der Waals surface area contributed by atoms with Crippen LogP contribution in [0.5, 0.6) is 5.75 Å². The number of amides is 1. The van der Waals surface area contributed by atoms with Gasteiger partial charge in [0, 0.05) is 11.9 Å². The Morgan fingerprint density at radius 3 is 2.48 bits per heavy atom. The quantitative estimate of drug-likeness (QED) is 0.538. The van der Waals surface area contributed by atoms with E-state index in [0.29, 0.717) is 35.4 Å². The average Bonchev–Trinajstić information content (AvgIpc) is 2.75. The summed E-state index contributed by atoms with van der Waals surface area (Å²) in [6.45, 7) is 5.19. The molecule has 0 saturated carbocycles. The van der Waals surface area contributed by atoms with Crippen molar-refractivity contribution in [1.82, 2.24) is 9.78 Å². The maximum absolute atomic E-state index is 13.1. The zero-order chi connectivity index (χ0) is 20.6. The van der Waals surface area contributed by atoms with E-state index in [-0.39, 0.29) is 17.2 Å². The van der Waals surface area contributed by atoms with Crippen molar-refractivity contribution < 1.29 is 9.53 Å². The molecule has 0 spiro atoms. The Kier molecular flexibility index (Phi) is 7.00. The number of carbonyl (C=O) groups is 1. The molecule has 1 aromatic heterocycles. The minimum atomic E-state index is -0.363. The van der Waals surface area contributed by atoms with Crippen molar-refractivity contribution >= 4 is 22.4 Å². The summed E-state index contributed by atoms with van der Waals surface area (Å²) < 4.78 is 7.14. The molecule has 0 unspecified atom stereocenters. The van der Waals surface area contributed by atoms with Crippen molar-refractivity contribution in [2.24, 2.45) is 0 Å². The first-order valence-corrected chi connectivity index (χ1v) is 10.2. The van der Waals surface area contributed by atoms with E-state index in [0.717, 1.165) is 25.7 Å². The standard InChI is InChI=1S/C23H27N3O3/c1-3-5-10-15-26-23(28)18-12-7-6-11-17(18)21(25-26)22(27)24-19-13-8-9-14-20(19)29-16-4-2/h6-9,11-14H,3-5,10,15-16H2,1-2H3,(H,24,27). The van der Waals surface area contributed by atoms with Crippen LogP contribution in [-0.2, 0) is 6.54 Å². The molecule has 1 N–H and O–H groups in total. The number of benzene rings is 2. The van der Waals surface area contributed by atoms with E-state index >= 15 is 0 Å². The number of nitrogens with zero attached hydrogens (tertiary/aromatic N) is 2. The average molecular weight is 393 g/mol. The number of rotatable bonds is 9. The third-order valence-corrected chi connectivity index (χ3v) is 4.65. The number of hydrogen-bond acceptors (Lipinski definition) is 4. The SMILES string of the molecule is CCCCCn1nc(C(=O)Nc2ccccc2OCCC)c2ccccc2c1=O. The Balaban J connectivity index is 1.97. The number of aryl methyl sites for hydroxylation is 1. The van der Waals surface area contributed by atoms with Crippen molar-refractivity contribution in [3.05, 3.63) is 64.6 Å². The summed E-state index contributed by atoms with van der Waals surface area (Å²) in [5, 5.41) is 8.36. The molecule has 0 atom stereocenters. The predicted molar refractivity (Wildman–Crippen MR) is 116 cm³/mol. The van der Waals surface area contributed by atoms with Crippen molar-refractivity contribution in [3.8, 4) is 5.75 Å². The van der Waals surface area contributed by atoms with Gasteiger partial charge in [-0.15, -0.1) is 0 Å². The van der Waals surface area contributed by atoms with Crippen LogP contribution in [0.3, 0.4) is 0 Å². The second kappa shape index (κ2) is 9.87. The Bertz CT molecular complexity index is 1040. The molecular weight excluding hydrogens is 366 g/mol. The molecule has 1 heterocycles. The van der Waals surface area contributed by atoms with E-state index in [4.69, 9.17) is 4.74 Å². The van der Waals surface area contributed by atoms with Gasteiger partial charge in [0.2, 0.25) is 0 Å². The summed E-state index contributed by atoms with van der Waals surface area (Å²) in [4.78, 5) is 25.9. The maximum Gasteiger partial charge on any atom is 0.276 e. The minimum absolute atomic E-state index is 0.167.